The van der Waals surface area contributed by atoms with Crippen molar-refractivity contribution in [2.75, 3.05) is 0 Å². The Morgan fingerprint density at radius 2 is 1.20 bits per heavy atom. The third kappa shape index (κ3) is 6.94. The van der Waals surface area contributed by atoms with E-state index in [0.717, 1.165) is 25.7 Å². The summed E-state index contributed by atoms with van der Waals surface area (Å²) in [5, 5.41) is 0. The van der Waals surface area contributed by atoms with Gasteiger partial charge in [-0.25, -0.2) is 0 Å². The number of rotatable bonds is 10. The van der Waals surface area contributed by atoms with E-state index in [4.69, 9.17) is 4.21 Å². The Hall–Kier alpha value is -2.31. The summed E-state index contributed by atoms with van der Waals surface area (Å²) < 4.78 is 11.9. The van der Waals surface area contributed by atoms with Crippen LogP contribution in [0.25, 0.3) is 11.1 Å². The second-order valence-electron chi connectivity index (χ2n) is 16.9. The van der Waals surface area contributed by atoms with Gasteiger partial charge in [-0.05, 0) is 0 Å². The van der Waals surface area contributed by atoms with Crippen molar-refractivity contribution in [3.05, 3.63) is 134 Å². The molecule has 4 aromatic rings. The van der Waals surface area contributed by atoms with E-state index in [0.29, 0.717) is 0 Å². The molecule has 0 heterocycles. The average Bonchev–Trinajstić information content (AvgIpc) is 3.74. The van der Waals surface area contributed by atoms with Gasteiger partial charge in [-0.2, -0.15) is 0 Å². The summed E-state index contributed by atoms with van der Waals surface area (Å²) in [5.74, 6) is 0. The quantitative estimate of drug-likeness (QED) is 0.132. The average molecular weight is 787 g/mol. The van der Waals surface area contributed by atoms with E-state index < -0.39 is 18.3 Å². The summed E-state index contributed by atoms with van der Waals surface area (Å²) in [5.41, 5.74) is 11.7. The van der Waals surface area contributed by atoms with Gasteiger partial charge in [0, 0.05) is 0 Å². The summed E-state index contributed by atoms with van der Waals surface area (Å²) in [6, 6.07) is 32.0. The van der Waals surface area contributed by atoms with Crippen LogP contribution < -0.4 is 9.81 Å². The summed E-state index contributed by atoms with van der Waals surface area (Å²) in [6.45, 7) is 18.8. The van der Waals surface area contributed by atoms with Crippen LogP contribution in [-0.4, -0.2) is 4.21 Å². The van der Waals surface area contributed by atoms with Gasteiger partial charge in [0.2, 0.25) is 0 Å². The molecular formula is C47H60Cl2Zr. The zero-order valence-corrected chi connectivity index (χ0v) is 36.0. The van der Waals surface area contributed by atoms with Gasteiger partial charge in [-0.1, -0.05) is 0 Å². The first-order valence-electron chi connectivity index (χ1n) is 18.7. The van der Waals surface area contributed by atoms with Gasteiger partial charge in [0.1, 0.15) is 0 Å². The maximum atomic E-state index is 5.85. The number of hydrogen-bond donors (Lipinski definition) is 0. The Morgan fingerprint density at radius 1 is 0.660 bits per heavy atom. The fourth-order valence-corrected chi connectivity index (χ4v) is 25.3. The normalized spacial score (nSPS) is 14.1. The van der Waals surface area contributed by atoms with E-state index in [9.17, 15) is 0 Å². The second-order valence-corrected chi connectivity index (χ2v) is 29.8. The van der Waals surface area contributed by atoms with E-state index in [1.54, 1.807) is 6.55 Å². The molecule has 0 aromatic heterocycles. The monoisotopic (exact) mass is 784 g/mol. The molecule has 0 fully saturated rings. The molecule has 50 heavy (non-hydrogen) atoms. The molecule has 0 radical (unpaired) electrons. The molecule has 0 atom stereocenters. The van der Waals surface area contributed by atoms with Gasteiger partial charge in [0.25, 0.3) is 0 Å². The van der Waals surface area contributed by atoms with Crippen LogP contribution in [0, 0.1) is 0 Å². The number of unbranched alkanes of at least 4 members (excludes halogenated alkanes) is 2. The number of allylic oxidation sites excluding steroid dienone is 4. The molecule has 0 saturated carbocycles. The summed E-state index contributed by atoms with van der Waals surface area (Å²) in [6.07, 6.45) is 16.2. The van der Waals surface area contributed by atoms with Crippen LogP contribution in [-0.2, 0) is 48.4 Å². The van der Waals surface area contributed by atoms with Crippen molar-refractivity contribution in [1.29, 1.82) is 0 Å². The number of benzene rings is 4. The Balaban J connectivity index is 0.00000281. The fraction of sp³-hybridized carbons (Fsp3) is 0.383. The van der Waals surface area contributed by atoms with Crippen LogP contribution in [0.4, 0.5) is 0 Å². The predicted octanol–water partition coefficient (Wildman–Crippen LogP) is 11.6. The third-order valence-corrected chi connectivity index (χ3v) is 28.0. The topological polar surface area (TPSA) is 0 Å². The molecule has 6 rings (SSSR count). The van der Waals surface area contributed by atoms with Crippen molar-refractivity contribution in [2.24, 2.45) is 0 Å². The van der Waals surface area contributed by atoms with E-state index in [1.165, 1.54) is 76.7 Å². The molecule has 0 nitrogen and oxygen atoms in total. The molecule has 0 unspecified atom stereocenters. The molecule has 266 valence electrons. The Morgan fingerprint density at radius 3 is 1.66 bits per heavy atom. The SMILES string of the molecule is Cl.Cl.[CH2]=[Zr]([C]1=CC=CC1)([c]1ccc(CCCC)cc1)([c]1ccc(CCCC)cc1)[c]1c(C(C)(C)C)ccc2c1Cc1cc(C(C)(C)C)ccc1-2. The van der Waals surface area contributed by atoms with E-state index in [-0.39, 0.29) is 35.6 Å². The van der Waals surface area contributed by atoms with Gasteiger partial charge < -0.3 is 0 Å². The predicted molar refractivity (Wildman–Crippen MR) is 225 cm³/mol. The number of fused-ring (bicyclic) bond motifs is 3. The molecule has 4 aromatic carbocycles. The summed E-state index contributed by atoms with van der Waals surface area (Å²) in [4.78, 5) is 0. The van der Waals surface area contributed by atoms with Crippen molar-refractivity contribution in [3.63, 3.8) is 0 Å². The van der Waals surface area contributed by atoms with E-state index in [2.05, 4.69) is 152 Å². The van der Waals surface area contributed by atoms with Crippen molar-refractivity contribution in [3.8, 4) is 11.1 Å². The van der Waals surface area contributed by atoms with Gasteiger partial charge in [-0.3, -0.25) is 0 Å². The first kappa shape index (κ1) is 40.5. The second kappa shape index (κ2) is 15.4. The van der Waals surface area contributed by atoms with Crippen molar-refractivity contribution in [2.45, 2.75) is 118 Å². The van der Waals surface area contributed by atoms with Gasteiger partial charge in [0.05, 0.1) is 0 Å². The molecule has 3 heteroatoms. The molecular weight excluding hydrogens is 727 g/mol. The molecule has 0 N–H and O–H groups in total. The Kier molecular flexibility index (Phi) is 12.4. The third-order valence-electron chi connectivity index (χ3n) is 11.6. The van der Waals surface area contributed by atoms with Crippen molar-refractivity contribution < 1.29 is 18.3 Å². The minimum absolute atomic E-state index is 0. The van der Waals surface area contributed by atoms with Gasteiger partial charge >= 0.3 is 295 Å². The number of aryl methyl sites for hydroxylation is 2. The standard InChI is InChI=1S/C21H25.2C10H13.C5H5.CH2.2ClH.Zr/c1-20(2,3)16-7-9-18-14(12-16)11-15-13-17(21(4,5)6)8-10-19(15)18;2*1-2-3-7-10-8-5-4-6-9-10;1-2-4-5-3-1;;;;/h7-10,12H,11H2,1-6H3;2*5-6,8-9H,2-3,7H2,1H3;1-3H,4H2;1H2;2*1H;. The maximum absolute atomic E-state index is 5.85. The van der Waals surface area contributed by atoms with Crippen LogP contribution in [0.5, 0.6) is 0 Å². The van der Waals surface area contributed by atoms with Crippen molar-refractivity contribution in [1.82, 2.24) is 0 Å². The Bertz CT molecular complexity index is 1890. The van der Waals surface area contributed by atoms with Crippen molar-refractivity contribution >= 4 is 38.8 Å². The molecule has 0 bridgehead atoms. The number of hydrogen-bond acceptors (Lipinski definition) is 0. The molecule has 2 aliphatic carbocycles. The van der Waals surface area contributed by atoms with Crippen LogP contribution >= 0.6 is 24.8 Å². The molecule has 0 spiro atoms. The summed E-state index contributed by atoms with van der Waals surface area (Å²) in [7, 11) is 0. The first-order valence-corrected chi connectivity index (χ1v) is 25.3. The van der Waals surface area contributed by atoms with Gasteiger partial charge in [0.15, 0.2) is 0 Å². The van der Waals surface area contributed by atoms with Crippen LogP contribution in [0.2, 0.25) is 0 Å². The molecule has 2 aliphatic rings. The van der Waals surface area contributed by atoms with Gasteiger partial charge in [-0.15, -0.1) is 24.8 Å². The minimum atomic E-state index is -4.88. The molecule has 0 aliphatic heterocycles. The number of halogens is 2. The van der Waals surface area contributed by atoms with Crippen LogP contribution in [0.3, 0.4) is 0 Å². The molecule has 0 amide bonds. The molecule has 0 saturated heterocycles. The summed E-state index contributed by atoms with van der Waals surface area (Å²) >= 11 is -4.88. The van der Waals surface area contributed by atoms with E-state index in [1.807, 2.05) is 0 Å². The van der Waals surface area contributed by atoms with Crippen LogP contribution in [0.1, 0.15) is 121 Å². The fourth-order valence-electron chi connectivity index (χ4n) is 8.68. The van der Waals surface area contributed by atoms with Crippen LogP contribution in [0.15, 0.2) is 100 Å². The zero-order chi connectivity index (χ0) is 34.3. The zero-order valence-electron chi connectivity index (χ0n) is 31.9. The van der Waals surface area contributed by atoms with E-state index >= 15 is 0 Å². The first-order chi connectivity index (χ1) is 22.8. The Labute approximate surface area is 317 Å².